The van der Waals surface area contributed by atoms with Crippen LogP contribution in [0.2, 0.25) is 0 Å². The first-order chi connectivity index (χ1) is 14.5. The van der Waals surface area contributed by atoms with E-state index in [-0.39, 0.29) is 0 Å². The number of piperazine rings is 1. The van der Waals surface area contributed by atoms with Crippen molar-refractivity contribution in [2.24, 2.45) is 16.8 Å². The molecule has 2 unspecified atom stereocenters. The average Bonchev–Trinajstić information content (AvgIpc) is 2.74. The lowest BCUT2D eigenvalue weighted by molar-refractivity contribution is -0.135. The third-order valence-electron chi connectivity index (χ3n) is 6.34. The van der Waals surface area contributed by atoms with Gasteiger partial charge in [-0.05, 0) is 38.0 Å². The summed E-state index contributed by atoms with van der Waals surface area (Å²) in [5, 5.41) is 3.45. The summed E-state index contributed by atoms with van der Waals surface area (Å²) in [6, 6.07) is 0. The number of carbonyl (C=O) groups excluding carboxylic acids is 1. The molecule has 30 heavy (non-hydrogen) atoms. The summed E-state index contributed by atoms with van der Waals surface area (Å²) in [7, 11) is 0. The van der Waals surface area contributed by atoms with Gasteiger partial charge in [-0.25, -0.2) is 0 Å². The number of nitrogens with zero attached hydrogens (tertiary/aromatic N) is 4. The highest BCUT2D eigenvalue weighted by atomic mass is 16.5. The van der Waals surface area contributed by atoms with Gasteiger partial charge in [-0.15, -0.1) is 0 Å². The molecule has 2 atom stereocenters. The molecule has 0 bridgehead atoms. The van der Waals surface area contributed by atoms with Crippen LogP contribution < -0.4 is 5.32 Å². The van der Waals surface area contributed by atoms with E-state index in [1.165, 1.54) is 12.0 Å². The van der Waals surface area contributed by atoms with E-state index in [2.05, 4.69) is 46.9 Å². The van der Waals surface area contributed by atoms with Crippen molar-refractivity contribution >= 4 is 11.9 Å². The van der Waals surface area contributed by atoms with Crippen LogP contribution >= 0.6 is 0 Å². The molecule has 2 fully saturated rings. The first-order valence-electron chi connectivity index (χ1n) is 11.8. The molecule has 0 aromatic rings. The zero-order chi connectivity index (χ0) is 21.3. The molecule has 1 N–H and O–H groups in total. The van der Waals surface area contributed by atoms with Gasteiger partial charge in [-0.1, -0.05) is 25.5 Å². The average molecular weight is 420 g/mol. The van der Waals surface area contributed by atoms with Crippen LogP contribution in [0, 0.1) is 11.8 Å². The van der Waals surface area contributed by atoms with Crippen LogP contribution in [0.15, 0.2) is 16.6 Å². The van der Waals surface area contributed by atoms with E-state index >= 15 is 0 Å². The minimum Gasteiger partial charge on any atom is -0.377 e. The Morgan fingerprint density at radius 1 is 1.17 bits per heavy atom. The van der Waals surface area contributed by atoms with E-state index in [9.17, 15) is 4.79 Å². The topological polar surface area (TPSA) is 60.4 Å². The van der Waals surface area contributed by atoms with Crippen LogP contribution in [-0.4, -0.2) is 98.7 Å². The van der Waals surface area contributed by atoms with E-state index in [0.29, 0.717) is 24.3 Å². The largest absolute Gasteiger partial charge is 0.377 e. The Kier molecular flexibility index (Phi) is 9.00. The predicted octanol–water partition coefficient (Wildman–Crippen LogP) is 1.81. The minimum absolute atomic E-state index is 0.298. The van der Waals surface area contributed by atoms with E-state index in [1.807, 2.05) is 0 Å². The van der Waals surface area contributed by atoms with Gasteiger partial charge in [-0.3, -0.25) is 14.7 Å². The van der Waals surface area contributed by atoms with Crippen LogP contribution in [0.5, 0.6) is 0 Å². The van der Waals surface area contributed by atoms with Crippen molar-refractivity contribution < 1.29 is 9.53 Å². The summed E-state index contributed by atoms with van der Waals surface area (Å²) in [5.74, 6) is 2.54. The van der Waals surface area contributed by atoms with Crippen molar-refractivity contribution in [1.29, 1.82) is 0 Å². The van der Waals surface area contributed by atoms with Crippen molar-refractivity contribution in [3.8, 4) is 0 Å². The molecule has 170 valence electrons. The number of ether oxygens (including phenoxy) is 1. The molecule has 3 rings (SSSR count). The maximum absolute atomic E-state index is 12.8. The van der Waals surface area contributed by atoms with Gasteiger partial charge < -0.3 is 19.9 Å². The molecule has 7 nitrogen and oxygen atoms in total. The summed E-state index contributed by atoms with van der Waals surface area (Å²) < 4.78 is 5.38. The van der Waals surface area contributed by atoms with Crippen LogP contribution in [0.25, 0.3) is 0 Å². The molecule has 3 heterocycles. The Labute approximate surface area is 182 Å². The number of aliphatic imine (C=N–C) groups is 1. The van der Waals surface area contributed by atoms with Gasteiger partial charge in [0, 0.05) is 52.4 Å². The summed E-state index contributed by atoms with van der Waals surface area (Å²) in [4.78, 5) is 24.4. The fraction of sp³-hybridized carbons (Fsp3) is 0.826. The minimum atomic E-state index is 0.298. The monoisotopic (exact) mass is 419 g/mol. The zero-order valence-electron chi connectivity index (χ0n) is 19.2. The third kappa shape index (κ3) is 6.98. The quantitative estimate of drug-likeness (QED) is 0.404. The molecule has 0 spiro atoms. The van der Waals surface area contributed by atoms with Gasteiger partial charge in [0.05, 0.1) is 19.8 Å². The Morgan fingerprint density at radius 2 is 1.90 bits per heavy atom. The van der Waals surface area contributed by atoms with Crippen LogP contribution in [0.3, 0.4) is 0 Å². The molecular weight excluding hydrogens is 378 g/mol. The second kappa shape index (κ2) is 11.7. The molecular formula is C23H41N5O2. The molecule has 0 aromatic heterocycles. The van der Waals surface area contributed by atoms with Crippen molar-refractivity contribution in [3.05, 3.63) is 11.6 Å². The normalized spacial score (nSPS) is 26.5. The number of guanidine groups is 1. The molecule has 0 saturated carbocycles. The second-order valence-corrected chi connectivity index (χ2v) is 9.18. The summed E-state index contributed by atoms with van der Waals surface area (Å²) in [6.45, 7) is 16.0. The maximum Gasteiger partial charge on any atom is 0.236 e. The van der Waals surface area contributed by atoms with Gasteiger partial charge >= 0.3 is 0 Å². The van der Waals surface area contributed by atoms with E-state index in [4.69, 9.17) is 9.73 Å². The molecule has 0 radical (unpaired) electrons. The van der Waals surface area contributed by atoms with Gasteiger partial charge in [0.25, 0.3) is 0 Å². The molecule has 1 amide bonds. The number of carbonyl (C=O) groups is 1. The molecule has 2 saturated heterocycles. The number of rotatable bonds is 6. The molecule has 0 aromatic carbocycles. The second-order valence-electron chi connectivity index (χ2n) is 9.18. The Bertz CT molecular complexity index is 603. The van der Waals surface area contributed by atoms with Gasteiger partial charge in [0.2, 0.25) is 5.91 Å². The maximum atomic E-state index is 12.8. The number of hydrogen-bond acceptors (Lipinski definition) is 4. The van der Waals surface area contributed by atoms with Crippen LogP contribution in [-0.2, 0) is 9.53 Å². The number of likely N-dealkylation sites (tertiary alicyclic amines) is 1. The highest BCUT2D eigenvalue weighted by Gasteiger charge is 2.28. The molecule has 3 aliphatic rings. The zero-order valence-corrected chi connectivity index (χ0v) is 19.2. The van der Waals surface area contributed by atoms with Crippen molar-refractivity contribution in [2.75, 3.05) is 72.1 Å². The predicted molar refractivity (Wildman–Crippen MR) is 122 cm³/mol. The Balaban J connectivity index is 1.44. The molecule has 0 aliphatic carbocycles. The van der Waals surface area contributed by atoms with Gasteiger partial charge in [-0.2, -0.15) is 0 Å². The highest BCUT2D eigenvalue weighted by Crippen LogP contribution is 2.21. The molecule has 3 aliphatic heterocycles. The Hall–Kier alpha value is -1.60. The van der Waals surface area contributed by atoms with Crippen LogP contribution in [0.1, 0.15) is 40.0 Å². The van der Waals surface area contributed by atoms with E-state index in [1.54, 1.807) is 0 Å². The number of nitrogens with one attached hydrogen (secondary N) is 1. The van der Waals surface area contributed by atoms with Crippen LogP contribution in [0.4, 0.5) is 0 Å². The first-order valence-corrected chi connectivity index (χ1v) is 11.8. The first kappa shape index (κ1) is 23.1. The lowest BCUT2D eigenvalue weighted by Gasteiger charge is -2.39. The highest BCUT2D eigenvalue weighted by molar-refractivity contribution is 5.80. The summed E-state index contributed by atoms with van der Waals surface area (Å²) in [6.07, 6.45) is 5.48. The number of amides is 1. The number of hydrogen-bond donors (Lipinski definition) is 1. The number of piperidine rings is 1. The summed E-state index contributed by atoms with van der Waals surface area (Å²) >= 11 is 0. The third-order valence-corrected chi connectivity index (χ3v) is 6.34. The fourth-order valence-corrected chi connectivity index (χ4v) is 4.80. The fourth-order valence-electron chi connectivity index (χ4n) is 4.80. The smallest absolute Gasteiger partial charge is 0.236 e. The van der Waals surface area contributed by atoms with Gasteiger partial charge in [0.1, 0.15) is 0 Å². The van der Waals surface area contributed by atoms with Gasteiger partial charge in [0.15, 0.2) is 5.96 Å². The van der Waals surface area contributed by atoms with E-state index < -0.39 is 0 Å². The Morgan fingerprint density at radius 3 is 2.53 bits per heavy atom. The molecule has 7 heteroatoms. The SMILES string of the molecule is CCNC(=NCCC1=CCOCC1)N1CCN(CC(=O)N2CC(C)CC(C)C2)CC1. The lowest BCUT2D eigenvalue weighted by Crippen LogP contribution is -2.55. The standard InChI is InChI=1S/C23H41N5O2/c1-4-24-23(25-8-5-21-6-13-30-14-7-21)27-11-9-26(10-12-27)18-22(29)28-16-19(2)15-20(3)17-28/h6,19-20H,4-5,7-18H2,1-3H3,(H,24,25). The van der Waals surface area contributed by atoms with Crippen molar-refractivity contribution in [2.45, 2.75) is 40.0 Å². The lowest BCUT2D eigenvalue weighted by atomic mass is 9.92. The summed E-state index contributed by atoms with van der Waals surface area (Å²) in [5.41, 5.74) is 1.46. The van der Waals surface area contributed by atoms with E-state index in [0.717, 1.165) is 84.4 Å². The van der Waals surface area contributed by atoms with Crippen molar-refractivity contribution in [1.82, 2.24) is 20.0 Å². The van der Waals surface area contributed by atoms with Crippen molar-refractivity contribution in [3.63, 3.8) is 0 Å².